The maximum Gasteiger partial charge on any atom is 0.0640 e. The molecule has 0 aromatic heterocycles. The molecular formula is C15H24ClN. The molecule has 0 saturated heterocycles. The van der Waals surface area contributed by atoms with Gasteiger partial charge in [0.05, 0.1) is 10.7 Å². The molecular weight excluding hydrogens is 230 g/mol. The van der Waals surface area contributed by atoms with Crippen LogP contribution >= 0.6 is 11.6 Å². The van der Waals surface area contributed by atoms with Crippen LogP contribution in [0.1, 0.15) is 51.0 Å². The molecule has 0 amide bonds. The molecule has 1 N–H and O–H groups in total. The summed E-state index contributed by atoms with van der Waals surface area (Å²) in [5, 5.41) is 4.27. The van der Waals surface area contributed by atoms with Gasteiger partial charge in [0.25, 0.3) is 0 Å². The average molecular weight is 254 g/mol. The van der Waals surface area contributed by atoms with Crippen molar-refractivity contribution in [1.82, 2.24) is 0 Å². The smallest absolute Gasteiger partial charge is 0.0640 e. The van der Waals surface area contributed by atoms with Crippen molar-refractivity contribution in [2.75, 3.05) is 11.9 Å². The molecule has 0 aliphatic carbocycles. The van der Waals surface area contributed by atoms with Crippen LogP contribution in [0.5, 0.6) is 0 Å². The van der Waals surface area contributed by atoms with Gasteiger partial charge < -0.3 is 5.32 Å². The molecule has 1 rings (SSSR count). The van der Waals surface area contributed by atoms with Crippen LogP contribution in [0.25, 0.3) is 0 Å². The summed E-state index contributed by atoms with van der Waals surface area (Å²) in [5.74, 6) is 0. The SMILES string of the molecule is CCCCCCCCNc1c(C)cccc1Cl. The summed E-state index contributed by atoms with van der Waals surface area (Å²) in [6.07, 6.45) is 7.97. The Morgan fingerprint density at radius 3 is 2.47 bits per heavy atom. The van der Waals surface area contributed by atoms with Gasteiger partial charge in [0.1, 0.15) is 0 Å². The van der Waals surface area contributed by atoms with Crippen LogP contribution in [0.4, 0.5) is 5.69 Å². The Bertz CT molecular complexity index is 302. The molecule has 0 heterocycles. The number of hydrogen-bond acceptors (Lipinski definition) is 1. The van der Waals surface area contributed by atoms with Gasteiger partial charge in [-0.1, -0.05) is 62.8 Å². The molecule has 0 spiro atoms. The number of anilines is 1. The molecule has 0 unspecified atom stereocenters. The molecule has 96 valence electrons. The van der Waals surface area contributed by atoms with Gasteiger partial charge in [0.15, 0.2) is 0 Å². The predicted molar refractivity (Wildman–Crippen MR) is 78.1 cm³/mol. The van der Waals surface area contributed by atoms with E-state index in [1.165, 1.54) is 44.1 Å². The number of para-hydroxylation sites is 1. The number of benzene rings is 1. The van der Waals surface area contributed by atoms with E-state index in [-0.39, 0.29) is 0 Å². The fraction of sp³-hybridized carbons (Fsp3) is 0.600. The third kappa shape index (κ3) is 5.45. The third-order valence-corrected chi connectivity index (χ3v) is 3.37. The number of nitrogens with one attached hydrogen (secondary N) is 1. The van der Waals surface area contributed by atoms with Crippen LogP contribution in [0.2, 0.25) is 5.02 Å². The highest BCUT2D eigenvalue weighted by Crippen LogP contribution is 2.25. The Hall–Kier alpha value is -0.690. The van der Waals surface area contributed by atoms with E-state index in [2.05, 4.69) is 25.2 Å². The maximum absolute atomic E-state index is 6.15. The lowest BCUT2D eigenvalue weighted by Crippen LogP contribution is -2.03. The van der Waals surface area contributed by atoms with Crippen LogP contribution in [0, 0.1) is 6.92 Å². The van der Waals surface area contributed by atoms with E-state index in [1.54, 1.807) is 0 Å². The third-order valence-electron chi connectivity index (χ3n) is 3.05. The van der Waals surface area contributed by atoms with E-state index in [0.717, 1.165) is 17.3 Å². The van der Waals surface area contributed by atoms with Crippen molar-refractivity contribution >= 4 is 17.3 Å². The Kier molecular flexibility index (Phi) is 7.11. The average Bonchev–Trinajstić information content (AvgIpc) is 2.31. The standard InChI is InChI=1S/C15H24ClN/c1-3-4-5-6-7-8-12-17-15-13(2)10-9-11-14(15)16/h9-11,17H,3-8,12H2,1-2H3. The molecule has 0 saturated carbocycles. The predicted octanol–water partition coefficient (Wildman–Crippen LogP) is 5.42. The minimum absolute atomic E-state index is 0.830. The van der Waals surface area contributed by atoms with E-state index in [4.69, 9.17) is 11.6 Å². The Morgan fingerprint density at radius 2 is 1.76 bits per heavy atom. The summed E-state index contributed by atoms with van der Waals surface area (Å²) in [6, 6.07) is 6.03. The summed E-state index contributed by atoms with van der Waals surface area (Å²) < 4.78 is 0. The lowest BCUT2D eigenvalue weighted by atomic mass is 10.1. The van der Waals surface area contributed by atoms with Crippen molar-refractivity contribution in [3.05, 3.63) is 28.8 Å². The first-order valence-corrected chi connectivity index (χ1v) is 7.12. The van der Waals surface area contributed by atoms with Gasteiger partial charge in [-0.3, -0.25) is 0 Å². The van der Waals surface area contributed by atoms with Gasteiger partial charge in [0.2, 0.25) is 0 Å². The van der Waals surface area contributed by atoms with Crippen LogP contribution in [0.3, 0.4) is 0 Å². The molecule has 0 aliphatic rings. The topological polar surface area (TPSA) is 12.0 Å². The minimum atomic E-state index is 0.830. The largest absolute Gasteiger partial charge is 0.384 e. The first-order valence-electron chi connectivity index (χ1n) is 6.74. The highest BCUT2D eigenvalue weighted by atomic mass is 35.5. The molecule has 1 nitrogen and oxygen atoms in total. The Balaban J connectivity index is 2.18. The molecule has 0 radical (unpaired) electrons. The zero-order chi connectivity index (χ0) is 12.5. The van der Waals surface area contributed by atoms with Crippen molar-refractivity contribution in [1.29, 1.82) is 0 Å². The fourth-order valence-electron chi connectivity index (χ4n) is 1.97. The van der Waals surface area contributed by atoms with E-state index < -0.39 is 0 Å². The van der Waals surface area contributed by atoms with Gasteiger partial charge in [0, 0.05) is 6.54 Å². The summed E-state index contributed by atoms with van der Waals surface area (Å²) in [5.41, 5.74) is 2.33. The van der Waals surface area contributed by atoms with Gasteiger partial charge in [-0.05, 0) is 25.0 Å². The molecule has 0 atom stereocenters. The van der Waals surface area contributed by atoms with Gasteiger partial charge in [-0.15, -0.1) is 0 Å². The second kappa shape index (κ2) is 8.41. The molecule has 17 heavy (non-hydrogen) atoms. The number of rotatable bonds is 8. The highest BCUT2D eigenvalue weighted by molar-refractivity contribution is 6.33. The number of aryl methyl sites for hydroxylation is 1. The zero-order valence-corrected chi connectivity index (χ0v) is 11.8. The monoisotopic (exact) mass is 253 g/mol. The molecule has 1 aromatic carbocycles. The maximum atomic E-state index is 6.15. The van der Waals surface area contributed by atoms with Crippen molar-refractivity contribution in [2.24, 2.45) is 0 Å². The lowest BCUT2D eigenvalue weighted by Gasteiger charge is -2.11. The van der Waals surface area contributed by atoms with E-state index in [1.807, 2.05) is 12.1 Å². The van der Waals surface area contributed by atoms with Crippen molar-refractivity contribution < 1.29 is 0 Å². The molecule has 0 aliphatic heterocycles. The normalized spacial score (nSPS) is 10.5. The number of hydrogen-bond donors (Lipinski definition) is 1. The van der Waals surface area contributed by atoms with Crippen LogP contribution < -0.4 is 5.32 Å². The first kappa shape index (κ1) is 14.4. The van der Waals surface area contributed by atoms with Crippen molar-refractivity contribution in [3.63, 3.8) is 0 Å². The Labute approximate surface area is 111 Å². The number of halogens is 1. The van der Waals surface area contributed by atoms with Crippen LogP contribution in [0.15, 0.2) is 18.2 Å². The highest BCUT2D eigenvalue weighted by Gasteiger charge is 2.01. The zero-order valence-electron chi connectivity index (χ0n) is 11.1. The fourth-order valence-corrected chi connectivity index (χ4v) is 2.26. The summed E-state index contributed by atoms with van der Waals surface area (Å²) in [4.78, 5) is 0. The minimum Gasteiger partial charge on any atom is -0.384 e. The quantitative estimate of drug-likeness (QED) is 0.610. The second-order valence-electron chi connectivity index (χ2n) is 4.63. The van der Waals surface area contributed by atoms with Crippen LogP contribution in [-0.2, 0) is 0 Å². The Morgan fingerprint density at radius 1 is 1.06 bits per heavy atom. The van der Waals surface area contributed by atoms with Gasteiger partial charge in [-0.2, -0.15) is 0 Å². The summed E-state index contributed by atoms with van der Waals surface area (Å²) >= 11 is 6.15. The van der Waals surface area contributed by atoms with Gasteiger partial charge >= 0.3 is 0 Å². The molecule has 1 aromatic rings. The lowest BCUT2D eigenvalue weighted by molar-refractivity contribution is 0.617. The van der Waals surface area contributed by atoms with E-state index in [0.29, 0.717) is 0 Å². The summed E-state index contributed by atoms with van der Waals surface area (Å²) in [6.45, 7) is 5.37. The molecule has 0 bridgehead atoms. The molecule has 2 heteroatoms. The second-order valence-corrected chi connectivity index (χ2v) is 5.03. The number of unbranched alkanes of at least 4 members (excludes halogenated alkanes) is 5. The van der Waals surface area contributed by atoms with Crippen molar-refractivity contribution in [3.8, 4) is 0 Å². The van der Waals surface area contributed by atoms with E-state index >= 15 is 0 Å². The van der Waals surface area contributed by atoms with Crippen LogP contribution in [-0.4, -0.2) is 6.54 Å². The first-order chi connectivity index (χ1) is 8.25. The van der Waals surface area contributed by atoms with E-state index in [9.17, 15) is 0 Å². The van der Waals surface area contributed by atoms with Crippen molar-refractivity contribution in [2.45, 2.75) is 52.4 Å². The van der Waals surface area contributed by atoms with Gasteiger partial charge in [-0.25, -0.2) is 0 Å². The molecule has 0 fully saturated rings. The summed E-state index contributed by atoms with van der Waals surface area (Å²) in [7, 11) is 0.